The Balaban J connectivity index is 3.06. The van der Waals surface area contributed by atoms with Gasteiger partial charge in [-0.05, 0) is 30.7 Å². The lowest BCUT2D eigenvalue weighted by Crippen LogP contribution is -2.52. The predicted molar refractivity (Wildman–Crippen MR) is 55.3 cm³/mol. The van der Waals surface area contributed by atoms with E-state index in [0.717, 1.165) is 19.1 Å². The maximum atomic E-state index is 13.0. The standard InChI is InChI=1S/C11H13F4NO/c1-10(16,11(13,14)15)6-7-5-8(12)3-4-9(7)17-2/h3-5H,6,16H2,1-2H3. The normalized spacial score (nSPS) is 15.5. The first-order valence-corrected chi connectivity index (χ1v) is 4.85. The molecule has 6 heteroatoms. The number of benzene rings is 1. The van der Waals surface area contributed by atoms with Crippen molar-refractivity contribution < 1.29 is 22.3 Å². The Hall–Kier alpha value is -1.30. The first-order chi connectivity index (χ1) is 7.67. The van der Waals surface area contributed by atoms with Gasteiger partial charge in [0.25, 0.3) is 0 Å². The lowest BCUT2D eigenvalue weighted by atomic mass is 9.93. The van der Waals surface area contributed by atoms with E-state index in [9.17, 15) is 17.6 Å². The molecule has 1 aromatic carbocycles. The summed E-state index contributed by atoms with van der Waals surface area (Å²) < 4.78 is 55.6. The Kier molecular flexibility index (Phi) is 3.66. The maximum absolute atomic E-state index is 13.0. The zero-order valence-electron chi connectivity index (χ0n) is 9.44. The van der Waals surface area contributed by atoms with Gasteiger partial charge in [-0.3, -0.25) is 0 Å². The lowest BCUT2D eigenvalue weighted by Gasteiger charge is -2.28. The second-order valence-electron chi connectivity index (χ2n) is 4.05. The van der Waals surface area contributed by atoms with Crippen molar-refractivity contribution in [3.63, 3.8) is 0 Å². The van der Waals surface area contributed by atoms with Crippen molar-refractivity contribution in [3.8, 4) is 5.75 Å². The Morgan fingerprint density at radius 1 is 1.29 bits per heavy atom. The highest BCUT2D eigenvalue weighted by atomic mass is 19.4. The molecule has 0 saturated heterocycles. The van der Waals surface area contributed by atoms with Gasteiger partial charge in [-0.1, -0.05) is 0 Å². The Morgan fingerprint density at radius 3 is 2.35 bits per heavy atom. The predicted octanol–water partition coefficient (Wildman–Crippen LogP) is 2.66. The van der Waals surface area contributed by atoms with Gasteiger partial charge in [-0.15, -0.1) is 0 Å². The van der Waals surface area contributed by atoms with E-state index in [0.29, 0.717) is 0 Å². The van der Waals surface area contributed by atoms with E-state index < -0.39 is 24.0 Å². The van der Waals surface area contributed by atoms with E-state index in [2.05, 4.69) is 0 Å². The van der Waals surface area contributed by atoms with Crippen LogP contribution in [0, 0.1) is 5.82 Å². The number of nitrogens with two attached hydrogens (primary N) is 1. The van der Waals surface area contributed by atoms with Crippen LogP contribution in [0.2, 0.25) is 0 Å². The first-order valence-electron chi connectivity index (χ1n) is 4.85. The molecule has 1 rings (SSSR count). The number of rotatable bonds is 3. The molecule has 1 atom stereocenters. The van der Waals surface area contributed by atoms with Gasteiger partial charge in [0, 0.05) is 6.42 Å². The molecule has 0 saturated carbocycles. The average Bonchev–Trinajstić information content (AvgIpc) is 2.15. The lowest BCUT2D eigenvalue weighted by molar-refractivity contribution is -0.180. The van der Waals surface area contributed by atoms with Gasteiger partial charge in [0.15, 0.2) is 0 Å². The third-order valence-electron chi connectivity index (χ3n) is 2.45. The van der Waals surface area contributed by atoms with E-state index in [4.69, 9.17) is 10.5 Å². The van der Waals surface area contributed by atoms with Crippen LogP contribution in [0.1, 0.15) is 12.5 Å². The molecule has 0 aliphatic rings. The number of hydrogen-bond acceptors (Lipinski definition) is 2. The molecule has 1 aromatic rings. The molecule has 0 aromatic heterocycles. The van der Waals surface area contributed by atoms with Crippen molar-refractivity contribution in [3.05, 3.63) is 29.6 Å². The average molecular weight is 251 g/mol. The highest BCUT2D eigenvalue weighted by molar-refractivity contribution is 5.35. The number of methoxy groups -OCH3 is 1. The molecule has 0 aliphatic heterocycles. The highest BCUT2D eigenvalue weighted by Crippen LogP contribution is 2.33. The molecule has 0 amide bonds. The van der Waals surface area contributed by atoms with E-state index in [1.165, 1.54) is 13.2 Å². The topological polar surface area (TPSA) is 35.2 Å². The van der Waals surface area contributed by atoms with Crippen LogP contribution in [0.15, 0.2) is 18.2 Å². The van der Waals surface area contributed by atoms with Crippen LogP contribution in [-0.4, -0.2) is 18.8 Å². The van der Waals surface area contributed by atoms with Crippen LogP contribution in [-0.2, 0) is 6.42 Å². The van der Waals surface area contributed by atoms with Gasteiger partial charge in [-0.2, -0.15) is 13.2 Å². The zero-order valence-corrected chi connectivity index (χ0v) is 9.44. The van der Waals surface area contributed by atoms with Crippen molar-refractivity contribution in [2.24, 2.45) is 5.73 Å². The molecular weight excluding hydrogens is 238 g/mol. The monoisotopic (exact) mass is 251 g/mol. The SMILES string of the molecule is COc1ccc(F)cc1CC(C)(N)C(F)(F)F. The van der Waals surface area contributed by atoms with E-state index in [1.54, 1.807) is 0 Å². The minimum absolute atomic E-state index is 0.0924. The van der Waals surface area contributed by atoms with Crippen LogP contribution < -0.4 is 10.5 Å². The number of alkyl halides is 3. The fourth-order valence-corrected chi connectivity index (χ4v) is 1.38. The summed E-state index contributed by atoms with van der Waals surface area (Å²) in [6.07, 6.45) is -5.11. The number of ether oxygens (including phenoxy) is 1. The van der Waals surface area contributed by atoms with E-state index >= 15 is 0 Å². The van der Waals surface area contributed by atoms with Crippen molar-refractivity contribution in [1.29, 1.82) is 0 Å². The Labute approximate surface area is 96.4 Å². The van der Waals surface area contributed by atoms with Crippen molar-refractivity contribution >= 4 is 0 Å². The van der Waals surface area contributed by atoms with Crippen LogP contribution in [0.5, 0.6) is 5.75 Å². The van der Waals surface area contributed by atoms with E-state index in [1.807, 2.05) is 0 Å². The molecule has 2 nitrogen and oxygen atoms in total. The third-order valence-corrected chi connectivity index (χ3v) is 2.45. The summed E-state index contributed by atoms with van der Waals surface area (Å²) in [5, 5.41) is 0. The summed E-state index contributed by atoms with van der Waals surface area (Å²) in [6.45, 7) is 0.858. The molecule has 1 unspecified atom stereocenters. The summed E-state index contributed by atoms with van der Waals surface area (Å²) in [7, 11) is 1.30. The summed E-state index contributed by atoms with van der Waals surface area (Å²) in [6, 6.07) is 3.39. The van der Waals surface area contributed by atoms with E-state index in [-0.39, 0.29) is 11.3 Å². The highest BCUT2D eigenvalue weighted by Gasteiger charge is 2.48. The fraction of sp³-hybridized carbons (Fsp3) is 0.455. The fourth-order valence-electron chi connectivity index (χ4n) is 1.38. The molecule has 0 fully saturated rings. The zero-order chi connectivity index (χ0) is 13.3. The number of hydrogen-bond donors (Lipinski definition) is 1. The van der Waals surface area contributed by atoms with Gasteiger partial charge in [0.1, 0.15) is 17.1 Å². The minimum Gasteiger partial charge on any atom is -0.496 e. The quantitative estimate of drug-likeness (QED) is 0.838. The van der Waals surface area contributed by atoms with Crippen LogP contribution >= 0.6 is 0 Å². The number of halogens is 4. The summed E-state index contributed by atoms with van der Waals surface area (Å²) in [5.41, 5.74) is 2.87. The molecule has 0 heterocycles. The van der Waals surface area contributed by atoms with Crippen molar-refractivity contribution in [1.82, 2.24) is 0 Å². The molecule has 0 aliphatic carbocycles. The molecule has 96 valence electrons. The molecule has 0 bridgehead atoms. The maximum Gasteiger partial charge on any atom is 0.406 e. The van der Waals surface area contributed by atoms with Gasteiger partial charge in [0.2, 0.25) is 0 Å². The van der Waals surface area contributed by atoms with Crippen molar-refractivity contribution in [2.75, 3.05) is 7.11 Å². The summed E-state index contributed by atoms with van der Waals surface area (Å²) in [5.74, 6) is -0.439. The second kappa shape index (κ2) is 4.52. The second-order valence-corrected chi connectivity index (χ2v) is 4.05. The Bertz CT molecular complexity index is 401. The summed E-state index contributed by atoms with van der Waals surface area (Å²) in [4.78, 5) is 0. The largest absolute Gasteiger partial charge is 0.496 e. The minimum atomic E-state index is -4.57. The smallest absolute Gasteiger partial charge is 0.406 e. The van der Waals surface area contributed by atoms with Gasteiger partial charge >= 0.3 is 6.18 Å². The molecule has 17 heavy (non-hydrogen) atoms. The third kappa shape index (κ3) is 3.09. The summed E-state index contributed by atoms with van der Waals surface area (Å²) >= 11 is 0. The van der Waals surface area contributed by atoms with Gasteiger partial charge in [0.05, 0.1) is 7.11 Å². The van der Waals surface area contributed by atoms with Crippen LogP contribution in [0.4, 0.5) is 17.6 Å². The van der Waals surface area contributed by atoms with Crippen LogP contribution in [0.25, 0.3) is 0 Å². The van der Waals surface area contributed by atoms with Crippen molar-refractivity contribution in [2.45, 2.75) is 25.1 Å². The molecule has 0 spiro atoms. The Morgan fingerprint density at radius 2 is 1.88 bits per heavy atom. The van der Waals surface area contributed by atoms with Gasteiger partial charge < -0.3 is 10.5 Å². The molecular formula is C11H13F4NO. The van der Waals surface area contributed by atoms with Crippen LogP contribution in [0.3, 0.4) is 0 Å². The molecule has 2 N–H and O–H groups in total. The molecule has 0 radical (unpaired) electrons. The first kappa shape index (κ1) is 13.8. The van der Waals surface area contributed by atoms with Gasteiger partial charge in [-0.25, -0.2) is 4.39 Å².